The SMILES string of the molecule is CN(C)CCC[Si]1(N)CCCC1. The molecule has 1 saturated heterocycles. The molecule has 1 rings (SSSR count). The van der Waals surface area contributed by atoms with E-state index in [2.05, 4.69) is 19.0 Å². The van der Waals surface area contributed by atoms with Crippen LogP contribution < -0.4 is 5.40 Å². The molecule has 1 heterocycles. The smallest absolute Gasteiger partial charge is 0.123 e. The van der Waals surface area contributed by atoms with Gasteiger partial charge in [0.05, 0.1) is 0 Å². The van der Waals surface area contributed by atoms with Crippen LogP contribution in [0, 0.1) is 0 Å². The second-order valence-corrected chi connectivity index (χ2v) is 8.70. The van der Waals surface area contributed by atoms with Gasteiger partial charge in [-0.25, -0.2) is 0 Å². The van der Waals surface area contributed by atoms with Crippen LogP contribution in [0.3, 0.4) is 0 Å². The molecular formula is C9H22N2Si. The van der Waals surface area contributed by atoms with Crippen LogP contribution in [0.15, 0.2) is 0 Å². The Balaban J connectivity index is 2.13. The molecule has 1 fully saturated rings. The summed E-state index contributed by atoms with van der Waals surface area (Å²) in [5.74, 6) is 0. The van der Waals surface area contributed by atoms with E-state index in [-0.39, 0.29) is 0 Å². The van der Waals surface area contributed by atoms with E-state index in [1.54, 1.807) is 0 Å². The fourth-order valence-corrected chi connectivity index (χ4v) is 5.60. The molecule has 1 aliphatic rings. The first-order valence-corrected chi connectivity index (χ1v) is 7.76. The molecule has 0 aliphatic carbocycles. The topological polar surface area (TPSA) is 29.3 Å². The van der Waals surface area contributed by atoms with Crippen LogP contribution >= 0.6 is 0 Å². The van der Waals surface area contributed by atoms with Crippen LogP contribution in [0.2, 0.25) is 18.1 Å². The van der Waals surface area contributed by atoms with Crippen molar-refractivity contribution in [1.29, 1.82) is 0 Å². The van der Waals surface area contributed by atoms with Gasteiger partial charge in [-0.1, -0.05) is 12.8 Å². The quantitative estimate of drug-likeness (QED) is 0.676. The Hall–Kier alpha value is 0.137. The van der Waals surface area contributed by atoms with Gasteiger partial charge in [-0.3, -0.25) is 0 Å². The van der Waals surface area contributed by atoms with E-state index in [0.717, 1.165) is 0 Å². The van der Waals surface area contributed by atoms with Crippen LogP contribution in [0.5, 0.6) is 0 Å². The highest BCUT2D eigenvalue weighted by molar-refractivity contribution is 6.77. The van der Waals surface area contributed by atoms with Crippen molar-refractivity contribution in [2.45, 2.75) is 37.4 Å². The molecule has 0 bridgehead atoms. The highest BCUT2D eigenvalue weighted by Crippen LogP contribution is 2.29. The zero-order valence-electron chi connectivity index (χ0n) is 8.47. The molecule has 2 nitrogen and oxygen atoms in total. The van der Waals surface area contributed by atoms with Gasteiger partial charge < -0.3 is 10.3 Å². The number of nitrogens with two attached hydrogens (primary N) is 1. The second-order valence-electron chi connectivity index (χ2n) is 4.48. The highest BCUT2D eigenvalue weighted by atomic mass is 28.3. The Labute approximate surface area is 77.2 Å². The fourth-order valence-electron chi connectivity index (χ4n) is 2.08. The third-order valence-electron chi connectivity index (χ3n) is 2.88. The second kappa shape index (κ2) is 4.39. The van der Waals surface area contributed by atoms with Gasteiger partial charge in [0.15, 0.2) is 0 Å². The van der Waals surface area contributed by atoms with E-state index >= 15 is 0 Å². The maximum atomic E-state index is 6.37. The van der Waals surface area contributed by atoms with Crippen molar-refractivity contribution in [3.8, 4) is 0 Å². The zero-order valence-corrected chi connectivity index (χ0v) is 9.47. The van der Waals surface area contributed by atoms with Crippen LogP contribution in [-0.4, -0.2) is 33.8 Å². The average Bonchev–Trinajstić information content (AvgIpc) is 2.35. The minimum atomic E-state index is -1.18. The summed E-state index contributed by atoms with van der Waals surface area (Å²) in [5, 5.41) is 6.37. The zero-order chi connectivity index (χ0) is 9.03. The van der Waals surface area contributed by atoms with Gasteiger partial charge in [0.25, 0.3) is 0 Å². The Morgan fingerprint density at radius 1 is 1.25 bits per heavy atom. The van der Waals surface area contributed by atoms with E-state index in [9.17, 15) is 0 Å². The third-order valence-corrected chi connectivity index (χ3v) is 6.93. The number of rotatable bonds is 4. The Morgan fingerprint density at radius 2 is 1.83 bits per heavy atom. The van der Waals surface area contributed by atoms with Gasteiger partial charge >= 0.3 is 0 Å². The van der Waals surface area contributed by atoms with Gasteiger partial charge in [-0.2, -0.15) is 0 Å². The van der Waals surface area contributed by atoms with Crippen LogP contribution in [-0.2, 0) is 0 Å². The Bertz CT molecular complexity index is 130. The lowest BCUT2D eigenvalue weighted by Crippen LogP contribution is -2.42. The molecule has 0 amide bonds. The molecule has 0 saturated carbocycles. The first kappa shape index (κ1) is 10.2. The van der Waals surface area contributed by atoms with Crippen molar-refractivity contribution in [3.05, 3.63) is 0 Å². The van der Waals surface area contributed by atoms with Gasteiger partial charge in [0, 0.05) is 0 Å². The molecule has 0 unspecified atom stereocenters. The number of hydrogen-bond donors (Lipinski definition) is 1. The molecule has 0 aromatic carbocycles. The maximum absolute atomic E-state index is 6.37. The first-order valence-electron chi connectivity index (χ1n) is 5.06. The number of hydrogen-bond acceptors (Lipinski definition) is 2. The lowest BCUT2D eigenvalue weighted by molar-refractivity contribution is 0.407. The lowest BCUT2D eigenvalue weighted by Gasteiger charge is -2.21. The summed E-state index contributed by atoms with van der Waals surface area (Å²) in [6.45, 7) is 1.21. The van der Waals surface area contributed by atoms with Crippen molar-refractivity contribution < 1.29 is 0 Å². The van der Waals surface area contributed by atoms with E-state index in [0.29, 0.717) is 0 Å². The summed E-state index contributed by atoms with van der Waals surface area (Å²) >= 11 is 0. The van der Waals surface area contributed by atoms with E-state index in [4.69, 9.17) is 5.40 Å². The summed E-state index contributed by atoms with van der Waals surface area (Å²) in [4.78, 5) is 2.26. The van der Waals surface area contributed by atoms with Gasteiger partial charge in [0.2, 0.25) is 0 Å². The van der Waals surface area contributed by atoms with Gasteiger partial charge in [0.1, 0.15) is 8.24 Å². The Kier molecular flexibility index (Phi) is 3.74. The van der Waals surface area contributed by atoms with Crippen molar-refractivity contribution in [2.24, 2.45) is 5.40 Å². The summed E-state index contributed by atoms with van der Waals surface area (Å²) in [6, 6.07) is 4.13. The predicted octanol–water partition coefficient (Wildman–Crippen LogP) is 1.64. The summed E-state index contributed by atoms with van der Waals surface area (Å²) in [7, 11) is 3.10. The van der Waals surface area contributed by atoms with E-state index in [1.807, 2.05) is 0 Å². The van der Waals surface area contributed by atoms with Crippen LogP contribution in [0.25, 0.3) is 0 Å². The van der Waals surface area contributed by atoms with Crippen molar-refractivity contribution in [1.82, 2.24) is 4.90 Å². The monoisotopic (exact) mass is 186 g/mol. The lowest BCUT2D eigenvalue weighted by atomic mass is 10.4. The molecule has 0 atom stereocenters. The standard InChI is InChI=1S/C9H22N2Si/c1-11(2)6-5-9-12(10)7-3-4-8-12/h3-10H2,1-2H3. The van der Waals surface area contributed by atoms with E-state index < -0.39 is 8.24 Å². The maximum Gasteiger partial charge on any atom is 0.123 e. The molecule has 1 aliphatic heterocycles. The fraction of sp³-hybridized carbons (Fsp3) is 1.00. The van der Waals surface area contributed by atoms with E-state index in [1.165, 1.54) is 43.9 Å². The largest absolute Gasteiger partial charge is 0.351 e. The molecular weight excluding hydrogens is 164 g/mol. The summed E-state index contributed by atoms with van der Waals surface area (Å²) < 4.78 is 0. The average molecular weight is 186 g/mol. The molecule has 3 heteroatoms. The van der Waals surface area contributed by atoms with Gasteiger partial charge in [-0.05, 0) is 45.2 Å². The molecule has 12 heavy (non-hydrogen) atoms. The van der Waals surface area contributed by atoms with Crippen molar-refractivity contribution in [2.75, 3.05) is 20.6 Å². The summed E-state index contributed by atoms with van der Waals surface area (Å²) in [5.41, 5.74) is 0. The molecule has 0 aromatic rings. The molecule has 0 spiro atoms. The highest BCUT2D eigenvalue weighted by Gasteiger charge is 2.31. The third kappa shape index (κ3) is 3.25. The van der Waals surface area contributed by atoms with Gasteiger partial charge in [-0.15, -0.1) is 0 Å². The minimum absolute atomic E-state index is 1.18. The molecule has 0 aromatic heterocycles. The van der Waals surface area contributed by atoms with Crippen molar-refractivity contribution >= 4 is 8.24 Å². The summed E-state index contributed by atoms with van der Waals surface area (Å²) in [6.07, 6.45) is 4.13. The molecule has 72 valence electrons. The molecule has 2 N–H and O–H groups in total. The minimum Gasteiger partial charge on any atom is -0.351 e. The van der Waals surface area contributed by atoms with Crippen LogP contribution in [0.1, 0.15) is 19.3 Å². The predicted molar refractivity (Wildman–Crippen MR) is 56.8 cm³/mol. The normalized spacial score (nSPS) is 22.0. The number of nitrogens with zero attached hydrogens (tertiary/aromatic N) is 1. The van der Waals surface area contributed by atoms with Crippen LogP contribution in [0.4, 0.5) is 0 Å². The molecule has 0 radical (unpaired) electrons. The van der Waals surface area contributed by atoms with Crippen molar-refractivity contribution in [3.63, 3.8) is 0 Å². The first-order chi connectivity index (χ1) is 5.62. The Morgan fingerprint density at radius 3 is 2.33 bits per heavy atom.